The third kappa shape index (κ3) is 3.40. The molecule has 2 unspecified atom stereocenters. The van der Waals surface area contributed by atoms with Gasteiger partial charge in [0, 0.05) is 11.7 Å². The van der Waals surface area contributed by atoms with Gasteiger partial charge >= 0.3 is 5.69 Å². The van der Waals surface area contributed by atoms with E-state index in [0.717, 1.165) is 29.1 Å². The normalized spacial score (nSPS) is 14.5. The fraction of sp³-hybridized carbons (Fsp3) is 0.533. The lowest BCUT2D eigenvalue weighted by Gasteiger charge is -2.21. The summed E-state index contributed by atoms with van der Waals surface area (Å²) in [5, 5.41) is 3.56. The lowest BCUT2D eigenvalue weighted by atomic mass is 9.97. The largest absolute Gasteiger partial charge is 0.382 e. The highest BCUT2D eigenvalue weighted by Crippen LogP contribution is 2.19. The minimum Gasteiger partial charge on any atom is -0.382 e. The van der Waals surface area contributed by atoms with Crippen LogP contribution in [0, 0.1) is 5.92 Å². The molecule has 0 aliphatic carbocycles. The molecule has 2 rings (SSSR count). The maximum Gasteiger partial charge on any atom is 0.323 e. The molecule has 1 aromatic carbocycles. The van der Waals surface area contributed by atoms with Gasteiger partial charge in [-0.2, -0.15) is 0 Å². The van der Waals surface area contributed by atoms with Crippen LogP contribution in [0.2, 0.25) is 0 Å². The Bertz CT molecular complexity index is 584. The van der Waals surface area contributed by atoms with Crippen molar-refractivity contribution in [1.82, 2.24) is 9.97 Å². The molecule has 104 valence electrons. The van der Waals surface area contributed by atoms with Crippen LogP contribution in [0.1, 0.15) is 40.0 Å². The Kier molecular flexibility index (Phi) is 4.30. The van der Waals surface area contributed by atoms with E-state index in [1.54, 1.807) is 0 Å². The van der Waals surface area contributed by atoms with Crippen molar-refractivity contribution in [3.63, 3.8) is 0 Å². The van der Waals surface area contributed by atoms with E-state index in [1.165, 1.54) is 12.8 Å². The number of aromatic nitrogens is 2. The Balaban J connectivity index is 2.12. The van der Waals surface area contributed by atoms with Gasteiger partial charge in [-0.3, -0.25) is 0 Å². The van der Waals surface area contributed by atoms with Crippen molar-refractivity contribution in [2.45, 2.75) is 46.1 Å². The molecule has 4 heteroatoms. The van der Waals surface area contributed by atoms with E-state index in [1.807, 2.05) is 18.2 Å². The zero-order valence-corrected chi connectivity index (χ0v) is 11.9. The van der Waals surface area contributed by atoms with Crippen molar-refractivity contribution in [2.75, 3.05) is 5.32 Å². The Labute approximate surface area is 113 Å². The molecule has 0 aliphatic rings. The van der Waals surface area contributed by atoms with Crippen molar-refractivity contribution < 1.29 is 0 Å². The van der Waals surface area contributed by atoms with E-state index in [9.17, 15) is 4.79 Å². The number of H-pyrrole nitrogens is 2. The summed E-state index contributed by atoms with van der Waals surface area (Å²) in [7, 11) is 0. The van der Waals surface area contributed by atoms with Gasteiger partial charge in [0.25, 0.3) is 0 Å². The van der Waals surface area contributed by atoms with Crippen LogP contribution >= 0.6 is 0 Å². The van der Waals surface area contributed by atoms with E-state index in [4.69, 9.17) is 0 Å². The first kappa shape index (κ1) is 13.7. The highest BCUT2D eigenvalue weighted by atomic mass is 16.1. The van der Waals surface area contributed by atoms with Crippen molar-refractivity contribution >= 4 is 16.7 Å². The smallest absolute Gasteiger partial charge is 0.323 e. The maximum absolute atomic E-state index is 11.2. The molecule has 2 aromatic rings. The maximum atomic E-state index is 11.2. The number of nitrogens with one attached hydrogen (secondary N) is 3. The monoisotopic (exact) mass is 261 g/mol. The van der Waals surface area contributed by atoms with Crippen LogP contribution in [0.5, 0.6) is 0 Å². The SMILES string of the molecule is CCC(C)CC(CC)Nc1ccc2[nH]c(=O)[nH]c2c1. The van der Waals surface area contributed by atoms with Crippen LogP contribution in [0.25, 0.3) is 11.0 Å². The van der Waals surface area contributed by atoms with Crippen LogP contribution < -0.4 is 11.0 Å². The summed E-state index contributed by atoms with van der Waals surface area (Å²) in [6.45, 7) is 6.72. The summed E-state index contributed by atoms with van der Waals surface area (Å²) in [6, 6.07) is 6.43. The van der Waals surface area contributed by atoms with Gasteiger partial charge < -0.3 is 15.3 Å². The van der Waals surface area contributed by atoms with Gasteiger partial charge in [0.2, 0.25) is 0 Å². The predicted octanol–water partition coefficient (Wildman–Crippen LogP) is 3.48. The van der Waals surface area contributed by atoms with E-state index in [0.29, 0.717) is 6.04 Å². The predicted molar refractivity (Wildman–Crippen MR) is 80.7 cm³/mol. The van der Waals surface area contributed by atoms with Crippen molar-refractivity contribution in [3.8, 4) is 0 Å². The summed E-state index contributed by atoms with van der Waals surface area (Å²) in [5.74, 6) is 0.730. The summed E-state index contributed by atoms with van der Waals surface area (Å²) in [4.78, 5) is 16.8. The molecule has 2 atom stereocenters. The average molecular weight is 261 g/mol. The summed E-state index contributed by atoms with van der Waals surface area (Å²) in [6.07, 6.45) is 3.49. The second-order valence-electron chi connectivity index (χ2n) is 5.34. The van der Waals surface area contributed by atoms with E-state index in [-0.39, 0.29) is 5.69 Å². The summed E-state index contributed by atoms with van der Waals surface area (Å²) in [5.41, 5.74) is 2.62. The van der Waals surface area contributed by atoms with Gasteiger partial charge in [0.1, 0.15) is 0 Å². The van der Waals surface area contributed by atoms with Gasteiger partial charge in [-0.05, 0) is 37.0 Å². The molecule has 0 radical (unpaired) electrons. The first-order valence-electron chi connectivity index (χ1n) is 7.11. The summed E-state index contributed by atoms with van der Waals surface area (Å²) >= 11 is 0. The summed E-state index contributed by atoms with van der Waals surface area (Å²) < 4.78 is 0. The van der Waals surface area contributed by atoms with Crippen LogP contribution in [0.4, 0.5) is 5.69 Å². The zero-order chi connectivity index (χ0) is 13.8. The molecule has 1 aromatic heterocycles. The molecule has 19 heavy (non-hydrogen) atoms. The fourth-order valence-corrected chi connectivity index (χ4v) is 2.34. The third-order valence-electron chi connectivity index (χ3n) is 3.76. The first-order valence-corrected chi connectivity index (χ1v) is 7.11. The highest BCUT2D eigenvalue weighted by Gasteiger charge is 2.10. The molecule has 0 saturated heterocycles. The Morgan fingerprint density at radius 3 is 2.58 bits per heavy atom. The van der Waals surface area contributed by atoms with Gasteiger partial charge in [-0.25, -0.2) is 4.79 Å². The number of hydrogen-bond donors (Lipinski definition) is 3. The van der Waals surface area contributed by atoms with E-state index >= 15 is 0 Å². The molecule has 0 saturated carbocycles. The molecule has 0 bridgehead atoms. The van der Waals surface area contributed by atoms with Gasteiger partial charge in [-0.1, -0.05) is 27.2 Å². The fourth-order valence-electron chi connectivity index (χ4n) is 2.34. The number of rotatable bonds is 6. The second-order valence-corrected chi connectivity index (χ2v) is 5.34. The Hall–Kier alpha value is -1.71. The number of fused-ring (bicyclic) bond motifs is 1. The van der Waals surface area contributed by atoms with Crippen molar-refractivity contribution in [1.29, 1.82) is 0 Å². The quantitative estimate of drug-likeness (QED) is 0.745. The zero-order valence-electron chi connectivity index (χ0n) is 11.9. The van der Waals surface area contributed by atoms with E-state index < -0.39 is 0 Å². The molecule has 1 heterocycles. The molecular weight excluding hydrogens is 238 g/mol. The topological polar surface area (TPSA) is 60.7 Å². The number of benzene rings is 1. The van der Waals surface area contributed by atoms with E-state index in [2.05, 4.69) is 36.1 Å². The first-order chi connectivity index (χ1) is 9.12. The van der Waals surface area contributed by atoms with Gasteiger partial charge in [0.05, 0.1) is 11.0 Å². The molecular formula is C15H23N3O. The molecule has 4 nitrogen and oxygen atoms in total. The van der Waals surface area contributed by atoms with Crippen LogP contribution in [-0.2, 0) is 0 Å². The van der Waals surface area contributed by atoms with Crippen molar-refractivity contribution in [3.05, 3.63) is 28.7 Å². The lowest BCUT2D eigenvalue weighted by Crippen LogP contribution is -2.21. The van der Waals surface area contributed by atoms with Gasteiger partial charge in [-0.15, -0.1) is 0 Å². The number of imidazole rings is 1. The minimum atomic E-state index is -0.154. The molecule has 0 fully saturated rings. The third-order valence-corrected chi connectivity index (χ3v) is 3.76. The van der Waals surface area contributed by atoms with Gasteiger partial charge in [0.15, 0.2) is 0 Å². The van der Waals surface area contributed by atoms with Crippen LogP contribution in [0.3, 0.4) is 0 Å². The minimum absolute atomic E-state index is 0.154. The Morgan fingerprint density at radius 2 is 1.89 bits per heavy atom. The number of aromatic amines is 2. The molecule has 0 aliphatic heterocycles. The highest BCUT2D eigenvalue weighted by molar-refractivity contribution is 5.78. The van der Waals surface area contributed by atoms with Crippen molar-refractivity contribution in [2.24, 2.45) is 5.92 Å². The molecule has 0 spiro atoms. The molecule has 0 amide bonds. The molecule has 3 N–H and O–H groups in total. The average Bonchev–Trinajstić information content (AvgIpc) is 2.77. The standard InChI is InChI=1S/C15H23N3O/c1-4-10(3)8-11(5-2)16-12-6-7-13-14(9-12)18-15(19)17-13/h6-7,9-11,16H,4-5,8H2,1-3H3,(H2,17,18,19). The second kappa shape index (κ2) is 5.95. The Morgan fingerprint density at radius 1 is 1.16 bits per heavy atom. The number of anilines is 1. The van der Waals surface area contributed by atoms with Crippen LogP contribution in [0.15, 0.2) is 23.0 Å². The van der Waals surface area contributed by atoms with Crippen LogP contribution in [-0.4, -0.2) is 16.0 Å². The number of hydrogen-bond acceptors (Lipinski definition) is 2. The lowest BCUT2D eigenvalue weighted by molar-refractivity contribution is 0.462.